The van der Waals surface area contributed by atoms with Gasteiger partial charge in [-0.15, -0.1) is 0 Å². The van der Waals surface area contributed by atoms with Gasteiger partial charge in [0, 0.05) is 24.4 Å². The van der Waals surface area contributed by atoms with Crippen LogP contribution < -0.4 is 9.47 Å². The van der Waals surface area contributed by atoms with Gasteiger partial charge in [-0.05, 0) is 12.8 Å². The normalized spacial score (nSPS) is 9.75. The highest BCUT2D eigenvalue weighted by atomic mass is 16.7. The molecule has 0 saturated heterocycles. The third kappa shape index (κ3) is 4.73. The standard InChI is InChI=1S/C12H15NO7/c1-17-11(15)19-9-6-10(20-12(16)18-2)13-7-8(9)4-3-5-14/h6-7,14H,3-5H2,1-2H3. The maximum atomic E-state index is 11.2. The van der Waals surface area contributed by atoms with E-state index in [0.717, 1.165) is 7.11 Å². The van der Waals surface area contributed by atoms with Gasteiger partial charge in [-0.25, -0.2) is 14.6 Å². The van der Waals surface area contributed by atoms with E-state index < -0.39 is 12.3 Å². The molecule has 0 aliphatic rings. The molecule has 0 spiro atoms. The number of hydrogen-bond acceptors (Lipinski definition) is 8. The number of aliphatic hydroxyl groups excluding tert-OH is 1. The van der Waals surface area contributed by atoms with Crippen molar-refractivity contribution in [2.24, 2.45) is 0 Å². The van der Waals surface area contributed by atoms with Crippen LogP contribution in [0.4, 0.5) is 9.59 Å². The van der Waals surface area contributed by atoms with E-state index in [1.165, 1.54) is 19.4 Å². The van der Waals surface area contributed by atoms with Crippen LogP contribution in [-0.4, -0.2) is 43.2 Å². The average Bonchev–Trinajstić information content (AvgIpc) is 2.46. The van der Waals surface area contributed by atoms with Gasteiger partial charge in [0.05, 0.1) is 14.2 Å². The highest BCUT2D eigenvalue weighted by Gasteiger charge is 2.14. The molecule has 0 bridgehead atoms. The number of pyridine rings is 1. The maximum absolute atomic E-state index is 11.2. The molecule has 0 aliphatic carbocycles. The number of carbonyl (C=O) groups excluding carboxylic acids is 2. The van der Waals surface area contributed by atoms with Crippen LogP contribution in [0.5, 0.6) is 11.6 Å². The summed E-state index contributed by atoms with van der Waals surface area (Å²) in [5.41, 5.74) is 0.571. The number of carbonyl (C=O) groups is 2. The summed E-state index contributed by atoms with van der Waals surface area (Å²) in [5.74, 6) is 0.0581. The fourth-order valence-electron chi connectivity index (χ4n) is 1.31. The summed E-state index contributed by atoms with van der Waals surface area (Å²) < 4.78 is 18.4. The molecule has 20 heavy (non-hydrogen) atoms. The molecular formula is C12H15NO7. The summed E-state index contributed by atoms with van der Waals surface area (Å²) >= 11 is 0. The van der Waals surface area contributed by atoms with Crippen LogP contribution in [0, 0.1) is 0 Å². The van der Waals surface area contributed by atoms with Crippen molar-refractivity contribution in [3.8, 4) is 11.6 Å². The Balaban J connectivity index is 2.94. The smallest absolute Gasteiger partial charge is 0.437 e. The van der Waals surface area contributed by atoms with Crippen LogP contribution in [0.1, 0.15) is 12.0 Å². The van der Waals surface area contributed by atoms with Crippen LogP contribution in [-0.2, 0) is 15.9 Å². The average molecular weight is 285 g/mol. The third-order valence-corrected chi connectivity index (χ3v) is 2.24. The quantitative estimate of drug-likeness (QED) is 0.807. The first-order valence-corrected chi connectivity index (χ1v) is 5.72. The molecule has 1 aromatic heterocycles. The topological polar surface area (TPSA) is 104 Å². The second kappa shape index (κ2) is 7.95. The molecule has 0 unspecified atom stereocenters. The third-order valence-electron chi connectivity index (χ3n) is 2.24. The lowest BCUT2D eigenvalue weighted by Crippen LogP contribution is -2.12. The van der Waals surface area contributed by atoms with Gasteiger partial charge in [-0.3, -0.25) is 0 Å². The zero-order valence-electron chi connectivity index (χ0n) is 11.1. The van der Waals surface area contributed by atoms with Crippen molar-refractivity contribution in [3.05, 3.63) is 17.8 Å². The Morgan fingerprint density at radius 3 is 2.45 bits per heavy atom. The number of nitrogens with zero attached hydrogens (tertiary/aromatic N) is 1. The van der Waals surface area contributed by atoms with Crippen LogP contribution in [0.3, 0.4) is 0 Å². The first kappa shape index (κ1) is 15.7. The molecule has 1 rings (SSSR count). The Morgan fingerprint density at radius 2 is 1.85 bits per heavy atom. The van der Waals surface area contributed by atoms with Crippen molar-refractivity contribution in [1.29, 1.82) is 0 Å². The molecule has 0 fully saturated rings. The zero-order valence-corrected chi connectivity index (χ0v) is 11.1. The van der Waals surface area contributed by atoms with E-state index in [1.54, 1.807) is 0 Å². The number of rotatable bonds is 5. The number of ether oxygens (including phenoxy) is 4. The summed E-state index contributed by atoms with van der Waals surface area (Å²) in [7, 11) is 2.33. The number of aromatic nitrogens is 1. The predicted octanol–water partition coefficient (Wildman–Crippen LogP) is 1.30. The fourth-order valence-corrected chi connectivity index (χ4v) is 1.31. The van der Waals surface area contributed by atoms with Crippen molar-refractivity contribution in [2.75, 3.05) is 20.8 Å². The van der Waals surface area contributed by atoms with Crippen molar-refractivity contribution in [3.63, 3.8) is 0 Å². The number of hydrogen-bond donors (Lipinski definition) is 1. The summed E-state index contributed by atoms with van der Waals surface area (Å²) in [6.07, 6.45) is 0.437. The van der Waals surface area contributed by atoms with E-state index in [4.69, 9.17) is 14.6 Å². The van der Waals surface area contributed by atoms with Crippen molar-refractivity contribution >= 4 is 12.3 Å². The second-order valence-electron chi connectivity index (χ2n) is 3.57. The zero-order chi connectivity index (χ0) is 15.0. The highest BCUT2D eigenvalue weighted by Crippen LogP contribution is 2.24. The Kier molecular flexibility index (Phi) is 6.24. The van der Waals surface area contributed by atoms with Gasteiger partial charge in [-0.1, -0.05) is 0 Å². The largest absolute Gasteiger partial charge is 0.514 e. The molecular weight excluding hydrogens is 270 g/mol. The summed E-state index contributed by atoms with van der Waals surface area (Å²) in [5, 5.41) is 8.81. The molecule has 1 N–H and O–H groups in total. The van der Waals surface area contributed by atoms with E-state index in [2.05, 4.69) is 14.5 Å². The molecule has 0 aliphatic heterocycles. The lowest BCUT2D eigenvalue weighted by Gasteiger charge is -2.10. The van der Waals surface area contributed by atoms with Gasteiger partial charge >= 0.3 is 12.3 Å². The molecule has 1 aromatic rings. The Hall–Kier alpha value is -2.35. The minimum absolute atomic E-state index is 0.0158. The molecule has 0 atom stereocenters. The van der Waals surface area contributed by atoms with Crippen LogP contribution in [0.2, 0.25) is 0 Å². The molecule has 1 heterocycles. The predicted molar refractivity (Wildman–Crippen MR) is 65.7 cm³/mol. The fraction of sp³-hybridized carbons (Fsp3) is 0.417. The molecule has 0 radical (unpaired) electrons. The van der Waals surface area contributed by atoms with E-state index in [0.29, 0.717) is 18.4 Å². The van der Waals surface area contributed by atoms with Gasteiger partial charge in [0.25, 0.3) is 0 Å². The van der Waals surface area contributed by atoms with Crippen molar-refractivity contribution in [1.82, 2.24) is 4.98 Å². The maximum Gasteiger partial charge on any atom is 0.514 e. The van der Waals surface area contributed by atoms with Crippen molar-refractivity contribution < 1.29 is 33.6 Å². The van der Waals surface area contributed by atoms with Crippen LogP contribution in [0.15, 0.2) is 12.3 Å². The van der Waals surface area contributed by atoms with E-state index >= 15 is 0 Å². The lowest BCUT2D eigenvalue weighted by atomic mass is 10.1. The molecule has 8 nitrogen and oxygen atoms in total. The summed E-state index contributed by atoms with van der Waals surface area (Å²) in [6, 6.07) is 1.26. The van der Waals surface area contributed by atoms with Gasteiger partial charge in [0.2, 0.25) is 5.88 Å². The van der Waals surface area contributed by atoms with Gasteiger partial charge in [-0.2, -0.15) is 0 Å². The summed E-state index contributed by atoms with van der Waals surface area (Å²) in [4.78, 5) is 26.0. The monoisotopic (exact) mass is 285 g/mol. The summed E-state index contributed by atoms with van der Waals surface area (Å²) in [6.45, 7) is -0.0158. The number of aryl methyl sites for hydroxylation is 1. The van der Waals surface area contributed by atoms with E-state index in [9.17, 15) is 9.59 Å². The van der Waals surface area contributed by atoms with Crippen LogP contribution in [0.25, 0.3) is 0 Å². The van der Waals surface area contributed by atoms with Gasteiger partial charge in [0.1, 0.15) is 5.75 Å². The number of methoxy groups -OCH3 is 2. The Labute approximate surface area is 115 Å². The Bertz CT molecular complexity index is 475. The lowest BCUT2D eigenvalue weighted by molar-refractivity contribution is 0.118. The minimum atomic E-state index is -0.940. The number of aliphatic hydroxyl groups is 1. The van der Waals surface area contributed by atoms with Crippen molar-refractivity contribution in [2.45, 2.75) is 12.8 Å². The molecule has 110 valence electrons. The Morgan fingerprint density at radius 1 is 1.20 bits per heavy atom. The van der Waals surface area contributed by atoms with Gasteiger partial charge < -0.3 is 24.1 Å². The SMILES string of the molecule is COC(=O)Oc1cc(OC(=O)OC)c(CCCO)cn1. The molecule has 0 aromatic carbocycles. The highest BCUT2D eigenvalue weighted by molar-refractivity contribution is 5.65. The van der Waals surface area contributed by atoms with Gasteiger partial charge in [0.15, 0.2) is 0 Å². The minimum Gasteiger partial charge on any atom is -0.437 e. The molecule has 0 amide bonds. The first-order chi connectivity index (χ1) is 9.60. The first-order valence-electron chi connectivity index (χ1n) is 5.72. The second-order valence-corrected chi connectivity index (χ2v) is 3.57. The van der Waals surface area contributed by atoms with E-state index in [-0.39, 0.29) is 18.2 Å². The molecule has 8 heteroatoms. The van der Waals surface area contributed by atoms with E-state index in [1.807, 2.05) is 0 Å². The van der Waals surface area contributed by atoms with Crippen LogP contribution >= 0.6 is 0 Å². The molecule has 0 saturated carbocycles.